The Hall–Kier alpha value is -3.81. The van der Waals surface area contributed by atoms with E-state index in [2.05, 4.69) is 10.6 Å². The number of nitrogens with two attached hydrogens (primary N) is 1. The largest absolute Gasteiger partial charge is 0.384 e. The van der Waals surface area contributed by atoms with Crippen LogP contribution in [0.3, 0.4) is 0 Å². The van der Waals surface area contributed by atoms with E-state index >= 15 is 0 Å². The standard InChI is InChI=1S/C23H22FN5O5S2/c1-13-2-7-21(35-13)36(33,34)28-23(32)27-16-4-6-19(18(24)12-16)29-20(30)11-14-10-15(26-9-8-25)3-5-17(14)22(29)31/h2-7,10,12,26H,8-9,11,25H2,1H3,(H2,27,28,32). The van der Waals surface area contributed by atoms with Crippen molar-refractivity contribution >= 4 is 56.3 Å². The van der Waals surface area contributed by atoms with Crippen LogP contribution in [0.2, 0.25) is 0 Å². The fraction of sp³-hybridized carbons (Fsp3) is 0.174. The van der Waals surface area contributed by atoms with Crippen molar-refractivity contribution in [2.24, 2.45) is 5.73 Å². The van der Waals surface area contributed by atoms with Crippen LogP contribution >= 0.6 is 11.3 Å². The minimum Gasteiger partial charge on any atom is -0.384 e. The van der Waals surface area contributed by atoms with E-state index in [4.69, 9.17) is 5.73 Å². The summed E-state index contributed by atoms with van der Waals surface area (Å²) in [7, 11) is -4.09. The van der Waals surface area contributed by atoms with Crippen LogP contribution in [0.4, 0.5) is 26.2 Å². The number of carbonyl (C=O) groups excluding carboxylic acids is 3. The Morgan fingerprint density at radius 1 is 1.11 bits per heavy atom. The summed E-state index contributed by atoms with van der Waals surface area (Å²) in [5.41, 5.74) is 6.62. The molecule has 2 aromatic carbocycles. The van der Waals surface area contributed by atoms with Crippen LogP contribution in [0.15, 0.2) is 52.7 Å². The van der Waals surface area contributed by atoms with Crippen molar-refractivity contribution in [2.75, 3.05) is 28.6 Å². The molecule has 1 aliphatic heterocycles. The van der Waals surface area contributed by atoms with Gasteiger partial charge in [0, 0.05) is 34.9 Å². The summed E-state index contributed by atoms with van der Waals surface area (Å²) in [5, 5.41) is 5.31. The zero-order chi connectivity index (χ0) is 26.0. The molecule has 0 saturated heterocycles. The monoisotopic (exact) mass is 531 g/mol. The highest BCUT2D eigenvalue weighted by molar-refractivity contribution is 7.92. The molecule has 0 atom stereocenters. The average molecular weight is 532 g/mol. The van der Waals surface area contributed by atoms with Gasteiger partial charge in [0.25, 0.3) is 15.9 Å². The molecular weight excluding hydrogens is 509 g/mol. The highest BCUT2D eigenvalue weighted by Gasteiger charge is 2.34. The number of anilines is 3. The normalized spacial score (nSPS) is 13.4. The fourth-order valence-electron chi connectivity index (χ4n) is 3.65. The van der Waals surface area contributed by atoms with Gasteiger partial charge >= 0.3 is 6.03 Å². The summed E-state index contributed by atoms with van der Waals surface area (Å²) in [6, 6.07) is 10.1. The van der Waals surface area contributed by atoms with Crippen LogP contribution in [0.5, 0.6) is 0 Å². The maximum absolute atomic E-state index is 15.0. The van der Waals surface area contributed by atoms with Gasteiger partial charge in [-0.3, -0.25) is 9.59 Å². The summed E-state index contributed by atoms with van der Waals surface area (Å²) in [6.07, 6.45) is -0.110. The first-order valence-electron chi connectivity index (χ1n) is 10.7. The van der Waals surface area contributed by atoms with Gasteiger partial charge < -0.3 is 16.4 Å². The minimum atomic E-state index is -4.09. The molecule has 5 N–H and O–H groups in total. The maximum Gasteiger partial charge on any atom is 0.333 e. The van der Waals surface area contributed by atoms with Crippen molar-refractivity contribution < 1.29 is 27.2 Å². The van der Waals surface area contributed by atoms with Crippen molar-refractivity contribution in [2.45, 2.75) is 17.6 Å². The number of hydrogen-bond donors (Lipinski definition) is 4. The third-order valence-electron chi connectivity index (χ3n) is 5.26. The number of hydrogen-bond acceptors (Lipinski definition) is 8. The molecule has 0 radical (unpaired) electrons. The molecule has 3 aromatic rings. The summed E-state index contributed by atoms with van der Waals surface area (Å²) >= 11 is 0.994. The zero-order valence-corrected chi connectivity index (χ0v) is 20.6. The highest BCUT2D eigenvalue weighted by Crippen LogP contribution is 2.30. The Morgan fingerprint density at radius 3 is 2.53 bits per heavy atom. The number of imide groups is 1. The SMILES string of the molecule is Cc1ccc(S(=O)(=O)NC(=O)Nc2ccc(N3C(=O)Cc4cc(NCCN)ccc4C3=O)c(F)c2)s1. The second-order valence-corrected chi connectivity index (χ2v) is 11.1. The van der Waals surface area contributed by atoms with Crippen molar-refractivity contribution in [1.29, 1.82) is 0 Å². The third-order valence-corrected chi connectivity index (χ3v) is 8.08. The number of rotatable bonds is 7. The van der Waals surface area contributed by atoms with Gasteiger partial charge in [-0.15, -0.1) is 11.3 Å². The molecule has 0 fully saturated rings. The number of aryl methyl sites for hydroxylation is 1. The lowest BCUT2D eigenvalue weighted by atomic mass is 9.97. The first-order valence-corrected chi connectivity index (χ1v) is 13.0. The number of carbonyl (C=O) groups is 3. The number of amides is 4. The molecule has 0 saturated carbocycles. The van der Waals surface area contributed by atoms with E-state index in [1.165, 1.54) is 18.2 Å². The Labute approximate surface area is 210 Å². The van der Waals surface area contributed by atoms with E-state index in [-0.39, 0.29) is 27.6 Å². The molecule has 1 aromatic heterocycles. The fourth-order valence-corrected chi connectivity index (χ4v) is 5.84. The van der Waals surface area contributed by atoms with E-state index in [9.17, 15) is 27.2 Å². The lowest BCUT2D eigenvalue weighted by Gasteiger charge is -2.27. The molecule has 0 unspecified atom stereocenters. The van der Waals surface area contributed by atoms with Gasteiger partial charge in [0.2, 0.25) is 5.91 Å². The topological polar surface area (TPSA) is 151 Å². The van der Waals surface area contributed by atoms with Gasteiger partial charge in [0.15, 0.2) is 0 Å². The second-order valence-electron chi connectivity index (χ2n) is 7.89. The number of nitrogens with zero attached hydrogens (tertiary/aromatic N) is 1. The first-order chi connectivity index (χ1) is 17.1. The Morgan fingerprint density at radius 2 is 1.86 bits per heavy atom. The van der Waals surface area contributed by atoms with Crippen molar-refractivity contribution in [3.8, 4) is 0 Å². The van der Waals surface area contributed by atoms with E-state index in [1.807, 2.05) is 4.72 Å². The number of benzene rings is 2. The number of thiophene rings is 1. The molecule has 36 heavy (non-hydrogen) atoms. The lowest BCUT2D eigenvalue weighted by Crippen LogP contribution is -2.43. The Bertz CT molecular complexity index is 1470. The Kier molecular flexibility index (Phi) is 7.06. The number of nitrogens with one attached hydrogen (secondary N) is 3. The van der Waals surface area contributed by atoms with Gasteiger partial charge in [-0.05, 0) is 61.0 Å². The second kappa shape index (κ2) is 10.0. The van der Waals surface area contributed by atoms with Crippen LogP contribution in [0.25, 0.3) is 0 Å². The summed E-state index contributed by atoms with van der Waals surface area (Å²) in [4.78, 5) is 39.5. The molecule has 10 nitrogen and oxygen atoms in total. The molecule has 188 valence electrons. The maximum atomic E-state index is 15.0. The highest BCUT2D eigenvalue weighted by atomic mass is 32.2. The minimum absolute atomic E-state index is 0.0404. The molecule has 0 aliphatic carbocycles. The van der Waals surface area contributed by atoms with Gasteiger partial charge in [0.1, 0.15) is 10.0 Å². The zero-order valence-electron chi connectivity index (χ0n) is 19.0. The quantitative estimate of drug-likeness (QED) is 0.342. The van der Waals surface area contributed by atoms with Gasteiger partial charge in [-0.2, -0.15) is 0 Å². The third kappa shape index (κ3) is 5.22. The molecule has 0 bridgehead atoms. The van der Waals surface area contributed by atoms with Crippen LogP contribution < -0.4 is 26.0 Å². The predicted molar refractivity (Wildman–Crippen MR) is 134 cm³/mol. The smallest absolute Gasteiger partial charge is 0.333 e. The number of fused-ring (bicyclic) bond motifs is 1. The number of sulfonamides is 1. The molecule has 1 aliphatic rings. The van der Waals surface area contributed by atoms with Gasteiger partial charge in [-0.1, -0.05) is 0 Å². The predicted octanol–water partition coefficient (Wildman–Crippen LogP) is 2.81. The number of halogens is 1. The first kappa shape index (κ1) is 25.3. The van der Waals surface area contributed by atoms with Crippen LogP contribution in [0, 0.1) is 12.7 Å². The van der Waals surface area contributed by atoms with Crippen LogP contribution in [-0.2, 0) is 21.2 Å². The number of urea groups is 1. The van der Waals surface area contributed by atoms with Crippen molar-refractivity contribution in [1.82, 2.24) is 4.72 Å². The van der Waals surface area contributed by atoms with Crippen molar-refractivity contribution in [3.63, 3.8) is 0 Å². The van der Waals surface area contributed by atoms with Crippen molar-refractivity contribution in [3.05, 3.63) is 70.4 Å². The molecule has 0 spiro atoms. The Balaban J connectivity index is 1.50. The average Bonchev–Trinajstić information content (AvgIpc) is 3.26. The van der Waals surface area contributed by atoms with Crippen LogP contribution in [0.1, 0.15) is 20.8 Å². The van der Waals surface area contributed by atoms with E-state index in [0.29, 0.717) is 24.3 Å². The lowest BCUT2D eigenvalue weighted by molar-refractivity contribution is -0.117. The molecular formula is C23H22FN5O5S2. The molecule has 13 heteroatoms. The van der Waals surface area contributed by atoms with Crippen LogP contribution in [-0.4, -0.2) is 39.4 Å². The summed E-state index contributed by atoms with van der Waals surface area (Å²) in [6.45, 7) is 2.66. The van der Waals surface area contributed by atoms with E-state index in [0.717, 1.165) is 27.2 Å². The van der Waals surface area contributed by atoms with Gasteiger partial charge in [-0.25, -0.2) is 27.2 Å². The van der Waals surface area contributed by atoms with E-state index < -0.39 is 33.7 Å². The molecule has 4 rings (SSSR count). The van der Waals surface area contributed by atoms with Gasteiger partial charge in [0.05, 0.1) is 12.1 Å². The molecule has 4 amide bonds. The molecule has 2 heterocycles. The summed E-state index contributed by atoms with van der Waals surface area (Å²) < 4.78 is 41.4. The van der Waals surface area contributed by atoms with E-state index in [1.54, 1.807) is 31.2 Å². The summed E-state index contributed by atoms with van der Waals surface area (Å²) in [5.74, 6) is -2.24.